The van der Waals surface area contributed by atoms with Gasteiger partial charge in [-0.25, -0.2) is 14.6 Å². The predicted octanol–water partition coefficient (Wildman–Crippen LogP) is 2.76. The molecular formula is C25H33N7O3. The van der Waals surface area contributed by atoms with E-state index >= 15 is 0 Å². The van der Waals surface area contributed by atoms with Crippen molar-refractivity contribution >= 4 is 22.6 Å². The summed E-state index contributed by atoms with van der Waals surface area (Å²) in [6.45, 7) is 4.85. The molecule has 1 saturated heterocycles. The van der Waals surface area contributed by atoms with E-state index in [1.165, 1.54) is 25.7 Å². The van der Waals surface area contributed by atoms with Crippen molar-refractivity contribution in [2.24, 2.45) is 5.92 Å². The van der Waals surface area contributed by atoms with Gasteiger partial charge in [-0.15, -0.1) is 0 Å². The molecule has 2 fully saturated rings. The van der Waals surface area contributed by atoms with Crippen molar-refractivity contribution in [3.05, 3.63) is 30.1 Å². The maximum absolute atomic E-state index is 13.3. The summed E-state index contributed by atoms with van der Waals surface area (Å²) in [6.07, 6.45) is 11.8. The van der Waals surface area contributed by atoms with Crippen LogP contribution < -0.4 is 4.74 Å². The summed E-state index contributed by atoms with van der Waals surface area (Å²) < 4.78 is 7.11. The molecule has 1 saturated carbocycles. The molecule has 3 aromatic heterocycles. The van der Waals surface area contributed by atoms with E-state index in [4.69, 9.17) is 4.74 Å². The topological polar surface area (TPSA) is 109 Å². The highest BCUT2D eigenvalue weighted by Crippen LogP contribution is 2.32. The van der Waals surface area contributed by atoms with Crippen molar-refractivity contribution in [3.63, 3.8) is 0 Å². The third-order valence-corrected chi connectivity index (χ3v) is 7.33. The molecule has 0 radical (unpaired) electrons. The summed E-state index contributed by atoms with van der Waals surface area (Å²) >= 11 is 0. The van der Waals surface area contributed by atoms with Gasteiger partial charge in [0.25, 0.3) is 0 Å². The zero-order valence-electron chi connectivity index (χ0n) is 20.5. The number of nitrogens with zero attached hydrogens (tertiary/aromatic N) is 6. The SMILES string of the molecule is COc1cnc(-n2cnc(C)n2)c2[nH]cc(C(=O)CN3CCN(C(=O)CCC4CCCC4)CC3)c12. The number of ether oxygens (including phenoxy) is 1. The first kappa shape index (κ1) is 23.5. The normalized spacial score (nSPS) is 17.4. The number of ketones is 1. The first-order valence-corrected chi connectivity index (χ1v) is 12.5. The highest BCUT2D eigenvalue weighted by atomic mass is 16.5. The first-order chi connectivity index (χ1) is 17.0. The molecule has 0 unspecified atom stereocenters. The van der Waals surface area contributed by atoms with Crippen molar-refractivity contribution in [2.45, 2.75) is 45.4 Å². The molecule has 2 aliphatic rings. The average Bonchev–Trinajstić information content (AvgIpc) is 3.63. The molecule has 186 valence electrons. The maximum atomic E-state index is 13.3. The number of amides is 1. The van der Waals surface area contributed by atoms with Gasteiger partial charge in [0, 0.05) is 44.4 Å². The molecular weight excluding hydrogens is 446 g/mol. The number of aromatic amines is 1. The molecule has 35 heavy (non-hydrogen) atoms. The van der Waals surface area contributed by atoms with Gasteiger partial charge in [-0.05, 0) is 19.3 Å². The lowest BCUT2D eigenvalue weighted by atomic mass is 10.0. The number of carbonyl (C=O) groups is 2. The Morgan fingerprint density at radius 1 is 1.14 bits per heavy atom. The number of fused-ring (bicyclic) bond motifs is 1. The quantitative estimate of drug-likeness (QED) is 0.495. The van der Waals surface area contributed by atoms with Crippen molar-refractivity contribution in [1.82, 2.24) is 34.5 Å². The molecule has 5 rings (SSSR count). The third-order valence-electron chi connectivity index (χ3n) is 7.33. The van der Waals surface area contributed by atoms with Crippen LogP contribution >= 0.6 is 0 Å². The molecule has 1 N–H and O–H groups in total. The van der Waals surface area contributed by atoms with Gasteiger partial charge in [-0.2, -0.15) is 5.10 Å². The van der Waals surface area contributed by atoms with Crippen LogP contribution in [0.1, 0.15) is 54.7 Å². The summed E-state index contributed by atoms with van der Waals surface area (Å²) in [5.74, 6) is 2.72. The number of carbonyl (C=O) groups excluding carboxylic acids is 2. The van der Waals surface area contributed by atoms with Crippen molar-refractivity contribution in [1.29, 1.82) is 0 Å². The predicted molar refractivity (Wildman–Crippen MR) is 131 cm³/mol. The van der Waals surface area contributed by atoms with Crippen LogP contribution in [-0.4, -0.2) is 86.1 Å². The zero-order valence-corrected chi connectivity index (χ0v) is 20.5. The Balaban J connectivity index is 1.23. The first-order valence-electron chi connectivity index (χ1n) is 12.5. The van der Waals surface area contributed by atoms with Gasteiger partial charge in [0.05, 0.1) is 30.8 Å². The highest BCUT2D eigenvalue weighted by Gasteiger charge is 2.26. The van der Waals surface area contributed by atoms with Crippen molar-refractivity contribution in [2.75, 3.05) is 39.8 Å². The third kappa shape index (κ3) is 4.93. The number of aryl methyl sites for hydroxylation is 1. The van der Waals surface area contributed by atoms with E-state index in [1.807, 2.05) is 11.8 Å². The standard InChI is InChI=1S/C25H33N7O3/c1-17-28-16-32(29-17)25-24-23(21(35-2)14-27-25)19(13-26-24)20(33)15-30-9-11-31(12-10-30)22(34)8-7-18-5-3-4-6-18/h13-14,16,18,26H,3-12,15H2,1-2H3. The number of H-pyrrole nitrogens is 1. The average molecular weight is 480 g/mol. The minimum absolute atomic E-state index is 0.00230. The monoisotopic (exact) mass is 479 g/mol. The molecule has 1 aliphatic heterocycles. The second-order valence-electron chi connectivity index (χ2n) is 9.61. The van der Waals surface area contributed by atoms with E-state index in [9.17, 15) is 9.59 Å². The zero-order chi connectivity index (χ0) is 24.4. The second-order valence-corrected chi connectivity index (χ2v) is 9.61. The molecule has 0 atom stereocenters. The van der Waals surface area contributed by atoms with Gasteiger partial charge < -0.3 is 14.6 Å². The summed E-state index contributed by atoms with van der Waals surface area (Å²) in [5, 5.41) is 5.04. The molecule has 1 aliphatic carbocycles. The molecule has 3 aromatic rings. The van der Waals surface area contributed by atoms with Gasteiger partial charge in [-0.1, -0.05) is 25.7 Å². The lowest BCUT2D eigenvalue weighted by Crippen LogP contribution is -2.49. The molecule has 0 bridgehead atoms. The summed E-state index contributed by atoms with van der Waals surface area (Å²) in [5.41, 5.74) is 1.24. The number of hydrogen-bond donors (Lipinski definition) is 1. The maximum Gasteiger partial charge on any atom is 0.222 e. The Morgan fingerprint density at radius 2 is 1.91 bits per heavy atom. The minimum atomic E-state index is 0.00230. The lowest BCUT2D eigenvalue weighted by Gasteiger charge is -2.34. The number of Topliss-reactive ketones (excluding diaryl/α,β-unsaturated/α-hetero) is 1. The Hall–Kier alpha value is -3.27. The Labute approximate surface area is 204 Å². The van der Waals surface area contributed by atoms with E-state index < -0.39 is 0 Å². The highest BCUT2D eigenvalue weighted by molar-refractivity contribution is 6.12. The Kier molecular flexibility index (Phi) is 6.81. The van der Waals surface area contributed by atoms with Crippen LogP contribution in [0.4, 0.5) is 0 Å². The molecule has 4 heterocycles. The van der Waals surface area contributed by atoms with E-state index in [0.29, 0.717) is 73.0 Å². The number of aromatic nitrogens is 5. The fourth-order valence-electron chi connectivity index (χ4n) is 5.33. The van der Waals surface area contributed by atoms with E-state index in [1.54, 1.807) is 30.5 Å². The Morgan fingerprint density at radius 3 is 2.60 bits per heavy atom. The van der Waals surface area contributed by atoms with Crippen molar-refractivity contribution < 1.29 is 14.3 Å². The fourth-order valence-corrected chi connectivity index (χ4v) is 5.33. The summed E-state index contributed by atoms with van der Waals surface area (Å²) in [6, 6.07) is 0. The van der Waals surface area contributed by atoms with Crippen molar-refractivity contribution in [3.8, 4) is 11.6 Å². The fraction of sp³-hybridized carbons (Fsp3) is 0.560. The van der Waals surface area contributed by atoms with E-state index in [2.05, 4.69) is 25.0 Å². The summed E-state index contributed by atoms with van der Waals surface area (Å²) in [7, 11) is 1.57. The van der Waals surface area contributed by atoms with Crippen LogP contribution in [-0.2, 0) is 4.79 Å². The smallest absolute Gasteiger partial charge is 0.222 e. The number of nitrogens with one attached hydrogen (secondary N) is 1. The van der Waals surface area contributed by atoms with Crippen LogP contribution in [0, 0.1) is 12.8 Å². The van der Waals surface area contributed by atoms with E-state index in [-0.39, 0.29) is 11.7 Å². The number of pyridine rings is 1. The van der Waals surface area contributed by atoms with Gasteiger partial charge in [0.2, 0.25) is 5.91 Å². The van der Waals surface area contributed by atoms with Crippen LogP contribution in [0.2, 0.25) is 0 Å². The minimum Gasteiger partial charge on any atom is -0.494 e. The number of hydrogen-bond acceptors (Lipinski definition) is 7. The number of rotatable bonds is 8. The second kappa shape index (κ2) is 10.2. The van der Waals surface area contributed by atoms with Gasteiger partial charge in [0.1, 0.15) is 17.9 Å². The number of piperazine rings is 1. The molecule has 0 spiro atoms. The molecule has 0 aromatic carbocycles. The van der Waals surface area contributed by atoms with Crippen LogP contribution in [0.5, 0.6) is 5.75 Å². The lowest BCUT2D eigenvalue weighted by molar-refractivity contribution is -0.133. The molecule has 10 heteroatoms. The molecule has 1 amide bonds. The number of methoxy groups -OCH3 is 1. The van der Waals surface area contributed by atoms with Crippen LogP contribution in [0.3, 0.4) is 0 Å². The van der Waals surface area contributed by atoms with E-state index in [0.717, 1.165) is 12.3 Å². The Bertz CT molecular complexity index is 1200. The molecule has 10 nitrogen and oxygen atoms in total. The van der Waals surface area contributed by atoms with Gasteiger partial charge >= 0.3 is 0 Å². The van der Waals surface area contributed by atoms with Crippen LogP contribution in [0.15, 0.2) is 18.7 Å². The largest absolute Gasteiger partial charge is 0.494 e. The summed E-state index contributed by atoms with van der Waals surface area (Å²) in [4.78, 5) is 41.9. The van der Waals surface area contributed by atoms with Gasteiger partial charge in [0.15, 0.2) is 11.6 Å². The van der Waals surface area contributed by atoms with Gasteiger partial charge in [-0.3, -0.25) is 14.5 Å². The van der Waals surface area contributed by atoms with Crippen LogP contribution in [0.25, 0.3) is 16.7 Å².